The third-order valence-corrected chi connectivity index (χ3v) is 1.21. The smallest absolute Gasteiger partial charge is 0.0982 e. The van der Waals surface area contributed by atoms with Crippen LogP contribution in [0, 0.1) is 0 Å². The minimum atomic E-state index is -0.00617. The van der Waals surface area contributed by atoms with E-state index in [0.717, 1.165) is 13.0 Å². The van der Waals surface area contributed by atoms with Crippen molar-refractivity contribution < 1.29 is 9.84 Å². The van der Waals surface area contributed by atoms with Gasteiger partial charge in [-0.15, -0.1) is 0 Å². The summed E-state index contributed by atoms with van der Waals surface area (Å²) in [4.78, 5) is 0. The lowest BCUT2D eigenvalue weighted by Gasteiger charge is -2.02. The van der Waals surface area contributed by atoms with E-state index in [1.54, 1.807) is 0 Å². The predicted octanol–water partition coefficient (Wildman–Crippen LogP) is 0.690. The van der Waals surface area contributed by atoms with Gasteiger partial charge in [-0.2, -0.15) is 0 Å². The van der Waals surface area contributed by atoms with E-state index in [0.29, 0.717) is 6.73 Å². The molecule has 0 unspecified atom stereocenters. The van der Waals surface area contributed by atoms with Crippen LogP contribution >= 0.6 is 0 Å². The lowest BCUT2D eigenvalue weighted by Crippen LogP contribution is -2.18. The Hall–Kier alpha value is -0.120. The minimum Gasteiger partial charge on any atom is -0.381 e. The molecule has 3 nitrogen and oxygen atoms in total. The van der Waals surface area contributed by atoms with E-state index in [9.17, 15) is 0 Å². The van der Waals surface area contributed by atoms with E-state index < -0.39 is 0 Å². The van der Waals surface area contributed by atoms with Crippen molar-refractivity contribution in [1.29, 1.82) is 0 Å². The normalized spacial score (nSPS) is 10.2. The van der Waals surface area contributed by atoms with Gasteiger partial charge in [-0.1, -0.05) is 19.8 Å². The fraction of sp³-hybridized carbons (Fsp3) is 1.00. The van der Waals surface area contributed by atoms with Gasteiger partial charge in [-0.05, 0) is 6.42 Å². The standard InChI is InChI=1S/C7H17NO2/c1-2-3-4-5-10-7-8-6-9/h8-9H,2-7H2,1H3. The second-order valence-corrected chi connectivity index (χ2v) is 2.17. The third kappa shape index (κ3) is 7.88. The molecule has 0 saturated heterocycles. The topological polar surface area (TPSA) is 41.5 Å². The van der Waals surface area contributed by atoms with Crippen molar-refractivity contribution in [3.8, 4) is 0 Å². The second-order valence-electron chi connectivity index (χ2n) is 2.17. The average Bonchev–Trinajstić information content (AvgIpc) is 1.97. The third-order valence-electron chi connectivity index (χ3n) is 1.21. The van der Waals surface area contributed by atoms with Crippen LogP contribution in [-0.2, 0) is 4.74 Å². The SMILES string of the molecule is CCCCCOCNCO. The Morgan fingerprint density at radius 2 is 2.20 bits per heavy atom. The molecule has 0 fully saturated rings. The zero-order valence-electron chi connectivity index (χ0n) is 6.60. The molecular formula is C7H17NO2. The van der Waals surface area contributed by atoms with Gasteiger partial charge in [0.1, 0.15) is 0 Å². The molecule has 0 amide bonds. The maximum absolute atomic E-state index is 8.28. The van der Waals surface area contributed by atoms with Gasteiger partial charge >= 0.3 is 0 Å². The summed E-state index contributed by atoms with van der Waals surface area (Å²) >= 11 is 0. The molecule has 0 aromatic carbocycles. The first-order valence-electron chi connectivity index (χ1n) is 3.81. The molecule has 3 heteroatoms. The molecule has 0 spiro atoms. The van der Waals surface area contributed by atoms with Crippen molar-refractivity contribution in [2.45, 2.75) is 26.2 Å². The number of rotatable bonds is 7. The lowest BCUT2D eigenvalue weighted by atomic mass is 10.3. The Kier molecular flexibility index (Phi) is 8.77. The van der Waals surface area contributed by atoms with Gasteiger partial charge in [0.05, 0.1) is 13.5 Å². The number of nitrogens with one attached hydrogen (secondary N) is 1. The van der Waals surface area contributed by atoms with Crippen molar-refractivity contribution in [3.63, 3.8) is 0 Å². The van der Waals surface area contributed by atoms with E-state index in [2.05, 4.69) is 12.2 Å². The number of aliphatic hydroxyl groups is 1. The summed E-state index contributed by atoms with van der Waals surface area (Å²) in [6, 6.07) is 0. The largest absolute Gasteiger partial charge is 0.381 e. The highest BCUT2D eigenvalue weighted by Gasteiger charge is 1.85. The van der Waals surface area contributed by atoms with E-state index in [-0.39, 0.29) is 6.73 Å². The maximum Gasteiger partial charge on any atom is 0.0982 e. The van der Waals surface area contributed by atoms with Crippen molar-refractivity contribution in [2.75, 3.05) is 20.1 Å². The average molecular weight is 147 g/mol. The van der Waals surface area contributed by atoms with Crippen molar-refractivity contribution in [3.05, 3.63) is 0 Å². The van der Waals surface area contributed by atoms with Gasteiger partial charge in [0.25, 0.3) is 0 Å². The molecule has 0 rings (SSSR count). The monoisotopic (exact) mass is 147 g/mol. The number of aliphatic hydroxyl groups excluding tert-OH is 1. The molecule has 0 radical (unpaired) electrons. The highest BCUT2D eigenvalue weighted by molar-refractivity contribution is 4.35. The molecule has 2 N–H and O–H groups in total. The van der Waals surface area contributed by atoms with E-state index >= 15 is 0 Å². The minimum absolute atomic E-state index is 0.00617. The van der Waals surface area contributed by atoms with Crippen LogP contribution in [0.4, 0.5) is 0 Å². The first kappa shape index (κ1) is 9.88. The summed E-state index contributed by atoms with van der Waals surface area (Å²) in [5, 5.41) is 10.9. The highest BCUT2D eigenvalue weighted by Crippen LogP contribution is 1.92. The van der Waals surface area contributed by atoms with Gasteiger partial charge in [0.15, 0.2) is 0 Å². The number of hydrogen-bond donors (Lipinski definition) is 2. The summed E-state index contributed by atoms with van der Waals surface area (Å²) < 4.78 is 5.11. The Labute approximate surface area is 62.4 Å². The van der Waals surface area contributed by atoms with Gasteiger partial charge in [-0.25, -0.2) is 0 Å². The van der Waals surface area contributed by atoms with Gasteiger partial charge < -0.3 is 9.84 Å². The zero-order valence-corrected chi connectivity index (χ0v) is 6.60. The molecule has 0 aromatic rings. The number of hydrogen-bond acceptors (Lipinski definition) is 3. The maximum atomic E-state index is 8.28. The zero-order chi connectivity index (χ0) is 7.66. The van der Waals surface area contributed by atoms with Crippen LogP contribution in [0.5, 0.6) is 0 Å². The summed E-state index contributed by atoms with van der Waals surface area (Å²) in [5.74, 6) is 0. The first-order chi connectivity index (χ1) is 4.91. The molecule has 0 heterocycles. The predicted molar refractivity (Wildman–Crippen MR) is 40.6 cm³/mol. The summed E-state index contributed by atoms with van der Waals surface area (Å²) in [6.07, 6.45) is 3.56. The lowest BCUT2D eigenvalue weighted by molar-refractivity contribution is 0.0911. The molecule has 0 saturated carbocycles. The Balaban J connectivity index is 2.65. The van der Waals surface area contributed by atoms with Crippen LogP contribution in [0.1, 0.15) is 26.2 Å². The van der Waals surface area contributed by atoms with Gasteiger partial charge in [-0.3, -0.25) is 5.32 Å². The molecule has 0 atom stereocenters. The molecule has 0 aliphatic heterocycles. The molecular weight excluding hydrogens is 130 g/mol. The quantitative estimate of drug-likeness (QED) is 0.411. The molecule has 0 aliphatic carbocycles. The van der Waals surface area contributed by atoms with Crippen molar-refractivity contribution in [1.82, 2.24) is 5.32 Å². The Bertz CT molecular complexity index is 51.6. The van der Waals surface area contributed by atoms with Gasteiger partial charge in [0, 0.05) is 6.61 Å². The summed E-state index contributed by atoms with van der Waals surface area (Å²) in [6.45, 7) is 3.40. The van der Waals surface area contributed by atoms with E-state index in [4.69, 9.17) is 9.84 Å². The second kappa shape index (κ2) is 8.88. The summed E-state index contributed by atoms with van der Waals surface area (Å²) in [7, 11) is 0. The van der Waals surface area contributed by atoms with Crippen LogP contribution in [0.15, 0.2) is 0 Å². The van der Waals surface area contributed by atoms with Gasteiger partial charge in [0.2, 0.25) is 0 Å². The van der Waals surface area contributed by atoms with Crippen LogP contribution in [0.2, 0.25) is 0 Å². The molecule has 0 aromatic heterocycles. The highest BCUT2D eigenvalue weighted by atomic mass is 16.5. The van der Waals surface area contributed by atoms with E-state index in [1.165, 1.54) is 12.8 Å². The molecule has 0 aliphatic rings. The fourth-order valence-electron chi connectivity index (χ4n) is 0.644. The van der Waals surface area contributed by atoms with Crippen LogP contribution in [-0.4, -0.2) is 25.2 Å². The van der Waals surface area contributed by atoms with Crippen LogP contribution in [0.25, 0.3) is 0 Å². The molecule has 10 heavy (non-hydrogen) atoms. The first-order valence-corrected chi connectivity index (χ1v) is 3.81. The number of unbranched alkanes of at least 4 members (excludes halogenated alkanes) is 2. The Morgan fingerprint density at radius 1 is 1.40 bits per heavy atom. The van der Waals surface area contributed by atoms with Crippen molar-refractivity contribution >= 4 is 0 Å². The Morgan fingerprint density at radius 3 is 2.80 bits per heavy atom. The number of ether oxygens (including phenoxy) is 1. The summed E-state index contributed by atoms with van der Waals surface area (Å²) in [5.41, 5.74) is 0. The van der Waals surface area contributed by atoms with Crippen LogP contribution in [0.3, 0.4) is 0 Å². The molecule has 0 bridgehead atoms. The van der Waals surface area contributed by atoms with Crippen LogP contribution < -0.4 is 5.32 Å². The van der Waals surface area contributed by atoms with E-state index in [1.807, 2.05) is 0 Å². The fourth-order valence-corrected chi connectivity index (χ4v) is 0.644. The van der Waals surface area contributed by atoms with Crippen molar-refractivity contribution in [2.24, 2.45) is 0 Å². The molecule has 62 valence electrons.